The van der Waals surface area contributed by atoms with Crippen LogP contribution in [0.15, 0.2) is 47.4 Å². The maximum Gasteiger partial charge on any atom is 0.248 e. The van der Waals surface area contributed by atoms with Gasteiger partial charge in [-0.2, -0.15) is 4.31 Å². The second-order valence-corrected chi connectivity index (χ2v) is 9.40. The quantitative estimate of drug-likeness (QED) is 0.601. The number of piperazine rings is 1. The van der Waals surface area contributed by atoms with Gasteiger partial charge < -0.3 is 10.8 Å². The van der Waals surface area contributed by atoms with Crippen molar-refractivity contribution >= 4 is 27.3 Å². The smallest absolute Gasteiger partial charge is 0.248 e. The van der Waals surface area contributed by atoms with Gasteiger partial charge in [0.1, 0.15) is 4.90 Å². The third-order valence-electron chi connectivity index (χ3n) is 5.39. The van der Waals surface area contributed by atoms with E-state index in [4.69, 9.17) is 17.3 Å². The zero-order valence-electron chi connectivity index (χ0n) is 14.8. The Bertz CT molecular complexity index is 938. The van der Waals surface area contributed by atoms with Crippen LogP contribution in [0.5, 0.6) is 5.75 Å². The van der Waals surface area contributed by atoms with Crippen molar-refractivity contribution in [1.82, 2.24) is 9.21 Å². The first kappa shape index (κ1) is 18.6. The maximum atomic E-state index is 13.3. The number of hydrogen-bond donors (Lipinski definition) is 2. The number of rotatable bonds is 4. The Morgan fingerprint density at radius 1 is 1.07 bits per heavy atom. The minimum atomic E-state index is -3.93. The van der Waals surface area contributed by atoms with Gasteiger partial charge in [0, 0.05) is 31.7 Å². The molecule has 2 heterocycles. The third kappa shape index (κ3) is 3.29. The molecular formula is C19H22ClN3O3S. The number of sulfonamides is 1. The van der Waals surface area contributed by atoms with Gasteiger partial charge in [0.15, 0.2) is 5.75 Å². The highest BCUT2D eigenvalue weighted by molar-refractivity contribution is 7.89. The number of nitrogens with zero attached hydrogens (tertiary/aromatic N) is 2. The molecule has 0 amide bonds. The number of phenols is 1. The third-order valence-corrected chi connectivity index (χ3v) is 7.90. The number of aromatic hydroxyl groups is 1. The maximum absolute atomic E-state index is 13.3. The van der Waals surface area contributed by atoms with E-state index < -0.39 is 15.8 Å². The lowest BCUT2D eigenvalue weighted by Crippen LogP contribution is -2.55. The van der Waals surface area contributed by atoms with E-state index >= 15 is 0 Å². The molecule has 3 N–H and O–H groups in total. The van der Waals surface area contributed by atoms with Crippen LogP contribution in [-0.4, -0.2) is 47.9 Å². The second-order valence-electron chi connectivity index (χ2n) is 7.21. The van der Waals surface area contributed by atoms with Crippen molar-refractivity contribution in [3.05, 3.63) is 53.1 Å². The Balaban J connectivity index is 1.61. The first-order valence-electron chi connectivity index (χ1n) is 8.94. The Hall–Kier alpha value is -1.80. The van der Waals surface area contributed by atoms with Gasteiger partial charge in [0.2, 0.25) is 10.0 Å². The summed E-state index contributed by atoms with van der Waals surface area (Å²) in [7, 11) is -3.93. The number of halogens is 1. The van der Waals surface area contributed by atoms with Gasteiger partial charge in [-0.15, -0.1) is 0 Å². The summed E-state index contributed by atoms with van der Waals surface area (Å²) in [6, 6.07) is 12.7. The first-order valence-corrected chi connectivity index (χ1v) is 10.8. The lowest BCUT2D eigenvalue weighted by atomic mass is 10.1. The molecular weight excluding hydrogens is 386 g/mol. The van der Waals surface area contributed by atoms with Crippen LogP contribution in [0.4, 0.5) is 5.69 Å². The largest absolute Gasteiger partial charge is 0.504 e. The van der Waals surface area contributed by atoms with E-state index in [-0.39, 0.29) is 27.7 Å². The lowest BCUT2D eigenvalue weighted by molar-refractivity contribution is 0.123. The minimum absolute atomic E-state index is 0.00665. The molecule has 6 nitrogen and oxygen atoms in total. The van der Waals surface area contributed by atoms with Crippen molar-refractivity contribution in [3.8, 4) is 5.75 Å². The fourth-order valence-electron chi connectivity index (χ4n) is 4.23. The average molecular weight is 408 g/mol. The summed E-state index contributed by atoms with van der Waals surface area (Å²) in [5.41, 5.74) is 6.93. The van der Waals surface area contributed by atoms with Gasteiger partial charge in [0.05, 0.1) is 10.7 Å². The van der Waals surface area contributed by atoms with Crippen LogP contribution in [0.3, 0.4) is 0 Å². The highest BCUT2D eigenvalue weighted by Gasteiger charge is 2.48. The number of likely N-dealkylation sites (tertiary alicyclic amines) is 1. The van der Waals surface area contributed by atoms with Crippen LogP contribution < -0.4 is 5.73 Å². The minimum Gasteiger partial charge on any atom is -0.504 e. The molecule has 2 aliphatic heterocycles. The summed E-state index contributed by atoms with van der Waals surface area (Å²) in [6.45, 7) is 2.11. The van der Waals surface area contributed by atoms with E-state index in [0.29, 0.717) is 13.1 Å². The summed E-state index contributed by atoms with van der Waals surface area (Å²) >= 11 is 6.13. The highest BCUT2D eigenvalue weighted by Crippen LogP contribution is 2.42. The fraction of sp³-hybridized carbons (Fsp3) is 0.368. The standard InChI is InChI=1S/C19H22ClN3O3S/c20-16-8-9-17(21)18(24)19(16)27(25,26)23-14-6-7-15(23)12-22(11-14)10-13-4-2-1-3-5-13/h1-5,8-9,14-15,24H,6-7,10-12,21H2. The summed E-state index contributed by atoms with van der Waals surface area (Å²) in [5, 5.41) is 10.3. The molecule has 0 radical (unpaired) electrons. The molecule has 2 aromatic carbocycles. The van der Waals surface area contributed by atoms with E-state index in [1.54, 1.807) is 0 Å². The van der Waals surface area contributed by atoms with Crippen molar-refractivity contribution in [2.75, 3.05) is 18.8 Å². The molecule has 2 unspecified atom stereocenters. The normalized spacial score (nSPS) is 23.6. The van der Waals surface area contributed by atoms with Crippen molar-refractivity contribution in [2.45, 2.75) is 36.4 Å². The molecule has 0 aliphatic carbocycles. The summed E-state index contributed by atoms with van der Waals surface area (Å²) < 4.78 is 28.2. The van der Waals surface area contributed by atoms with E-state index in [2.05, 4.69) is 17.0 Å². The predicted octanol–water partition coefficient (Wildman–Crippen LogP) is 2.67. The monoisotopic (exact) mass is 407 g/mol. The SMILES string of the molecule is Nc1ccc(Cl)c(S(=O)(=O)N2C3CCC2CN(Cc2ccccc2)C3)c1O. The Morgan fingerprint density at radius 2 is 1.70 bits per heavy atom. The fourth-order valence-corrected chi connectivity index (χ4v) is 6.69. The summed E-state index contributed by atoms with van der Waals surface area (Å²) in [5.74, 6) is -0.464. The van der Waals surface area contributed by atoms with Crippen LogP contribution in [0, 0.1) is 0 Å². The van der Waals surface area contributed by atoms with Gasteiger partial charge >= 0.3 is 0 Å². The summed E-state index contributed by atoms with van der Waals surface area (Å²) in [6.07, 6.45) is 1.60. The van der Waals surface area contributed by atoms with Crippen molar-refractivity contribution in [1.29, 1.82) is 0 Å². The lowest BCUT2D eigenvalue weighted by Gasteiger charge is -2.40. The number of nitrogen functional groups attached to an aromatic ring is 1. The first-order chi connectivity index (χ1) is 12.9. The van der Waals surface area contributed by atoms with Crippen LogP contribution in [0.1, 0.15) is 18.4 Å². The Kier molecular flexibility index (Phi) is 4.80. The summed E-state index contributed by atoms with van der Waals surface area (Å²) in [4.78, 5) is 2.02. The molecule has 144 valence electrons. The molecule has 4 rings (SSSR count). The molecule has 2 fully saturated rings. The second kappa shape index (κ2) is 6.98. The van der Waals surface area contributed by atoms with Crippen molar-refractivity contribution in [3.63, 3.8) is 0 Å². The van der Waals surface area contributed by atoms with Crippen LogP contribution >= 0.6 is 11.6 Å². The molecule has 2 atom stereocenters. The average Bonchev–Trinajstić information content (AvgIpc) is 2.92. The van der Waals surface area contributed by atoms with Crippen LogP contribution in [0.2, 0.25) is 5.02 Å². The molecule has 0 aromatic heterocycles. The number of fused-ring (bicyclic) bond motifs is 2. The Morgan fingerprint density at radius 3 is 2.33 bits per heavy atom. The van der Waals surface area contributed by atoms with Crippen LogP contribution in [0.25, 0.3) is 0 Å². The predicted molar refractivity (Wildman–Crippen MR) is 105 cm³/mol. The number of benzene rings is 2. The van der Waals surface area contributed by atoms with E-state index in [0.717, 1.165) is 19.4 Å². The molecule has 2 aliphatic rings. The Labute approximate surface area is 164 Å². The molecule has 0 spiro atoms. The van der Waals surface area contributed by atoms with Crippen molar-refractivity contribution < 1.29 is 13.5 Å². The van der Waals surface area contributed by atoms with Gasteiger partial charge in [-0.05, 0) is 30.5 Å². The molecule has 27 heavy (non-hydrogen) atoms. The van der Waals surface area contributed by atoms with Gasteiger partial charge in [-0.3, -0.25) is 4.90 Å². The highest BCUT2D eigenvalue weighted by atomic mass is 35.5. The van der Waals surface area contributed by atoms with Gasteiger partial charge in [0.25, 0.3) is 0 Å². The molecule has 8 heteroatoms. The molecule has 2 saturated heterocycles. The van der Waals surface area contributed by atoms with E-state index in [1.807, 2.05) is 18.2 Å². The van der Waals surface area contributed by atoms with E-state index in [9.17, 15) is 13.5 Å². The number of phenolic OH excluding ortho intramolecular Hbond substituents is 1. The number of hydrogen-bond acceptors (Lipinski definition) is 5. The zero-order chi connectivity index (χ0) is 19.2. The number of anilines is 1. The zero-order valence-corrected chi connectivity index (χ0v) is 16.3. The van der Waals surface area contributed by atoms with Gasteiger partial charge in [-0.25, -0.2) is 8.42 Å². The van der Waals surface area contributed by atoms with Crippen molar-refractivity contribution in [2.24, 2.45) is 0 Å². The van der Waals surface area contributed by atoms with Gasteiger partial charge in [-0.1, -0.05) is 41.9 Å². The molecule has 2 bridgehead atoms. The molecule has 2 aromatic rings. The topological polar surface area (TPSA) is 86.9 Å². The molecule has 0 saturated carbocycles. The number of nitrogens with two attached hydrogens (primary N) is 1. The van der Waals surface area contributed by atoms with Crippen LogP contribution in [-0.2, 0) is 16.6 Å². The van der Waals surface area contributed by atoms with E-state index in [1.165, 1.54) is 22.0 Å².